The molecule has 3 rings (SSSR count). The minimum atomic E-state index is 0.105. The average Bonchev–Trinajstić information content (AvgIpc) is 2.69. The molecule has 142 valence electrons. The number of thiocarbonyl (C=S) groups is 1. The van der Waals surface area contributed by atoms with Gasteiger partial charge in [-0.1, -0.05) is 30.3 Å². The maximum absolute atomic E-state index is 12.8. The molecule has 6 heteroatoms. The summed E-state index contributed by atoms with van der Waals surface area (Å²) in [6.07, 6.45) is 1.83. The second-order valence-corrected chi connectivity index (χ2v) is 7.29. The van der Waals surface area contributed by atoms with Crippen LogP contribution in [-0.4, -0.2) is 42.6 Å². The van der Waals surface area contributed by atoms with Gasteiger partial charge in [0.05, 0.1) is 6.67 Å². The van der Waals surface area contributed by atoms with Crippen molar-refractivity contribution in [3.8, 4) is 0 Å². The summed E-state index contributed by atoms with van der Waals surface area (Å²) < 4.78 is 0. The number of para-hydroxylation sites is 1. The van der Waals surface area contributed by atoms with E-state index in [9.17, 15) is 4.79 Å². The molecule has 0 unspecified atom stereocenters. The van der Waals surface area contributed by atoms with E-state index in [-0.39, 0.29) is 18.4 Å². The van der Waals surface area contributed by atoms with E-state index in [1.807, 2.05) is 59.5 Å². The number of ketones is 1. The SMILES string of the molecule is CN1CCC(C(=O)c2cccc(NC(=S)N(CN)c3ccccc3)c2)CC1. The Balaban J connectivity index is 1.70. The van der Waals surface area contributed by atoms with E-state index in [4.69, 9.17) is 18.0 Å². The molecule has 0 radical (unpaired) electrons. The molecule has 1 saturated heterocycles. The topological polar surface area (TPSA) is 61.6 Å². The summed E-state index contributed by atoms with van der Waals surface area (Å²) >= 11 is 5.53. The molecule has 5 nitrogen and oxygen atoms in total. The fraction of sp³-hybridized carbons (Fsp3) is 0.333. The fourth-order valence-electron chi connectivity index (χ4n) is 3.36. The lowest BCUT2D eigenvalue weighted by Gasteiger charge is -2.28. The van der Waals surface area contributed by atoms with Gasteiger partial charge in [-0.15, -0.1) is 0 Å². The zero-order valence-corrected chi connectivity index (χ0v) is 16.4. The van der Waals surface area contributed by atoms with Crippen molar-refractivity contribution in [2.75, 3.05) is 37.0 Å². The monoisotopic (exact) mass is 382 g/mol. The van der Waals surface area contributed by atoms with Gasteiger partial charge in [-0.05, 0) is 69.5 Å². The molecule has 0 aliphatic carbocycles. The number of rotatable bonds is 5. The fourth-order valence-corrected chi connectivity index (χ4v) is 3.66. The standard InChI is InChI=1S/C21H26N4OS/c1-24-12-10-16(11-13-24)20(26)17-6-5-7-18(14-17)23-21(27)25(15-22)19-8-3-2-4-9-19/h2-9,14,16H,10-13,15,22H2,1H3,(H,23,27). The summed E-state index contributed by atoms with van der Waals surface area (Å²) in [7, 11) is 2.10. The Kier molecular flexibility index (Phi) is 6.55. The van der Waals surface area contributed by atoms with E-state index in [1.165, 1.54) is 0 Å². The first kappa shape index (κ1) is 19.5. The molecule has 0 amide bonds. The zero-order chi connectivity index (χ0) is 19.2. The zero-order valence-electron chi connectivity index (χ0n) is 15.6. The number of carbonyl (C=O) groups is 1. The predicted molar refractivity (Wildman–Crippen MR) is 115 cm³/mol. The van der Waals surface area contributed by atoms with E-state index in [0.717, 1.165) is 42.9 Å². The molecule has 1 aliphatic heterocycles. The van der Waals surface area contributed by atoms with Gasteiger partial charge in [-0.25, -0.2) is 0 Å². The molecule has 2 aromatic rings. The lowest BCUT2D eigenvalue weighted by atomic mass is 9.89. The number of anilines is 2. The summed E-state index contributed by atoms with van der Waals surface area (Å²) in [6.45, 7) is 2.21. The second kappa shape index (κ2) is 9.08. The molecular weight excluding hydrogens is 356 g/mol. The van der Waals surface area contributed by atoms with Crippen molar-refractivity contribution in [1.29, 1.82) is 0 Å². The van der Waals surface area contributed by atoms with Gasteiger partial charge in [0, 0.05) is 22.9 Å². The number of benzene rings is 2. The maximum atomic E-state index is 12.8. The Morgan fingerprint density at radius 1 is 1.19 bits per heavy atom. The number of hydrogen-bond acceptors (Lipinski definition) is 4. The molecular formula is C21H26N4OS. The average molecular weight is 383 g/mol. The van der Waals surface area contributed by atoms with Crippen LogP contribution in [0.1, 0.15) is 23.2 Å². The number of nitrogens with two attached hydrogens (primary N) is 1. The summed E-state index contributed by atoms with van der Waals surface area (Å²) in [5.74, 6) is 0.324. The lowest BCUT2D eigenvalue weighted by molar-refractivity contribution is 0.0857. The van der Waals surface area contributed by atoms with Crippen LogP contribution in [0.5, 0.6) is 0 Å². The van der Waals surface area contributed by atoms with Crippen LogP contribution in [0.15, 0.2) is 54.6 Å². The maximum Gasteiger partial charge on any atom is 0.179 e. The van der Waals surface area contributed by atoms with E-state index in [1.54, 1.807) is 0 Å². The Bertz CT molecular complexity index is 788. The number of piperidine rings is 1. The van der Waals surface area contributed by atoms with E-state index < -0.39 is 0 Å². The highest BCUT2D eigenvalue weighted by atomic mass is 32.1. The third-order valence-corrected chi connectivity index (χ3v) is 5.31. The molecule has 0 aromatic heterocycles. The van der Waals surface area contributed by atoms with Crippen molar-refractivity contribution in [2.24, 2.45) is 11.7 Å². The molecule has 2 aromatic carbocycles. The molecule has 1 aliphatic rings. The third-order valence-electron chi connectivity index (χ3n) is 4.98. The first-order chi connectivity index (χ1) is 13.1. The number of nitrogens with one attached hydrogen (secondary N) is 1. The number of likely N-dealkylation sites (tertiary alicyclic amines) is 1. The molecule has 0 saturated carbocycles. The quantitative estimate of drug-likeness (QED) is 0.470. The Labute approximate surface area is 166 Å². The van der Waals surface area contributed by atoms with Gasteiger partial charge in [0.2, 0.25) is 0 Å². The third kappa shape index (κ3) is 4.91. The summed E-state index contributed by atoms with van der Waals surface area (Å²) in [4.78, 5) is 16.9. The summed E-state index contributed by atoms with van der Waals surface area (Å²) in [6, 6.07) is 17.3. The number of nitrogens with zero attached hydrogens (tertiary/aromatic N) is 2. The van der Waals surface area contributed by atoms with Crippen LogP contribution in [0.4, 0.5) is 11.4 Å². The largest absolute Gasteiger partial charge is 0.332 e. The van der Waals surface area contributed by atoms with Crippen molar-refractivity contribution in [1.82, 2.24) is 4.90 Å². The number of hydrogen-bond donors (Lipinski definition) is 2. The Morgan fingerprint density at radius 3 is 2.56 bits per heavy atom. The lowest BCUT2D eigenvalue weighted by Crippen LogP contribution is -2.39. The van der Waals surface area contributed by atoms with Crippen LogP contribution in [0.2, 0.25) is 0 Å². The van der Waals surface area contributed by atoms with Crippen LogP contribution < -0.4 is 16.0 Å². The highest BCUT2D eigenvalue weighted by Crippen LogP contribution is 2.23. The minimum Gasteiger partial charge on any atom is -0.332 e. The minimum absolute atomic E-state index is 0.105. The molecule has 3 N–H and O–H groups in total. The first-order valence-corrected chi connectivity index (χ1v) is 9.66. The van der Waals surface area contributed by atoms with Crippen LogP contribution in [-0.2, 0) is 0 Å². The van der Waals surface area contributed by atoms with Crippen LogP contribution in [0.3, 0.4) is 0 Å². The van der Waals surface area contributed by atoms with Gasteiger partial charge >= 0.3 is 0 Å². The van der Waals surface area contributed by atoms with Crippen LogP contribution in [0.25, 0.3) is 0 Å². The molecule has 0 spiro atoms. The Hall–Kier alpha value is -2.28. The molecule has 1 heterocycles. The van der Waals surface area contributed by atoms with E-state index in [0.29, 0.717) is 5.11 Å². The van der Waals surface area contributed by atoms with Gasteiger partial charge < -0.3 is 20.9 Å². The number of Topliss-reactive ketones (excluding diaryl/α,β-unsaturated/α-hetero) is 1. The number of carbonyl (C=O) groups excluding carboxylic acids is 1. The molecule has 1 fully saturated rings. The normalized spacial score (nSPS) is 15.3. The van der Waals surface area contributed by atoms with E-state index in [2.05, 4.69) is 17.3 Å². The van der Waals surface area contributed by atoms with Crippen molar-refractivity contribution in [2.45, 2.75) is 12.8 Å². The molecule has 27 heavy (non-hydrogen) atoms. The molecule has 0 bridgehead atoms. The second-order valence-electron chi connectivity index (χ2n) is 6.90. The predicted octanol–water partition coefficient (Wildman–Crippen LogP) is 3.33. The highest BCUT2D eigenvalue weighted by molar-refractivity contribution is 7.80. The first-order valence-electron chi connectivity index (χ1n) is 9.25. The van der Waals surface area contributed by atoms with Gasteiger partial charge in [0.25, 0.3) is 0 Å². The van der Waals surface area contributed by atoms with Gasteiger partial charge in [-0.2, -0.15) is 0 Å². The van der Waals surface area contributed by atoms with Crippen molar-refractivity contribution < 1.29 is 4.79 Å². The van der Waals surface area contributed by atoms with E-state index >= 15 is 0 Å². The summed E-state index contributed by atoms with van der Waals surface area (Å²) in [5.41, 5.74) is 8.35. The Morgan fingerprint density at radius 2 is 1.89 bits per heavy atom. The van der Waals surface area contributed by atoms with Crippen LogP contribution >= 0.6 is 12.2 Å². The van der Waals surface area contributed by atoms with Gasteiger partial charge in [0.15, 0.2) is 10.9 Å². The highest BCUT2D eigenvalue weighted by Gasteiger charge is 2.24. The summed E-state index contributed by atoms with van der Waals surface area (Å²) in [5, 5.41) is 3.72. The van der Waals surface area contributed by atoms with Gasteiger partial charge in [0.1, 0.15) is 0 Å². The van der Waals surface area contributed by atoms with Crippen LogP contribution in [0, 0.1) is 5.92 Å². The molecule has 0 atom stereocenters. The van der Waals surface area contributed by atoms with Crippen molar-refractivity contribution in [3.05, 3.63) is 60.2 Å². The van der Waals surface area contributed by atoms with Crippen molar-refractivity contribution >= 4 is 34.5 Å². The smallest absolute Gasteiger partial charge is 0.179 e. The van der Waals surface area contributed by atoms with Crippen molar-refractivity contribution in [3.63, 3.8) is 0 Å². The van der Waals surface area contributed by atoms with Gasteiger partial charge in [-0.3, -0.25) is 4.79 Å².